The Kier molecular flexibility index (Phi) is 4.05. The van der Waals surface area contributed by atoms with Crippen LogP contribution in [-0.2, 0) is 0 Å². The second-order valence-electron chi connectivity index (χ2n) is 4.79. The Morgan fingerprint density at radius 1 is 1.61 bits per heavy atom. The van der Waals surface area contributed by atoms with Crippen molar-refractivity contribution in [1.29, 1.82) is 5.26 Å². The van der Waals surface area contributed by atoms with Gasteiger partial charge in [-0.05, 0) is 38.3 Å². The van der Waals surface area contributed by atoms with Crippen molar-refractivity contribution >= 4 is 17.4 Å². The Morgan fingerprint density at radius 3 is 3.06 bits per heavy atom. The third-order valence-electron chi connectivity index (χ3n) is 3.58. The van der Waals surface area contributed by atoms with Gasteiger partial charge in [0.2, 0.25) is 0 Å². The fourth-order valence-electron chi connectivity index (χ4n) is 2.39. The van der Waals surface area contributed by atoms with Crippen LogP contribution < -0.4 is 10.6 Å². The average molecular weight is 265 g/mol. The fraction of sp³-hybridized carbons (Fsp3) is 0.538. The number of hydrogen-bond donors (Lipinski definition) is 1. The van der Waals surface area contributed by atoms with E-state index in [2.05, 4.69) is 22.9 Å². The van der Waals surface area contributed by atoms with Crippen molar-refractivity contribution in [1.82, 2.24) is 4.98 Å². The zero-order valence-electron chi connectivity index (χ0n) is 10.4. The summed E-state index contributed by atoms with van der Waals surface area (Å²) in [7, 11) is 0. The van der Waals surface area contributed by atoms with Gasteiger partial charge in [-0.1, -0.05) is 11.6 Å². The molecule has 1 fully saturated rings. The molecule has 5 heteroatoms. The first-order valence-electron chi connectivity index (χ1n) is 6.18. The lowest BCUT2D eigenvalue weighted by molar-refractivity contribution is 0.372. The smallest absolute Gasteiger partial charge is 0.148 e. The van der Waals surface area contributed by atoms with Gasteiger partial charge in [0.25, 0.3) is 0 Å². The first-order chi connectivity index (χ1) is 8.67. The van der Waals surface area contributed by atoms with E-state index in [9.17, 15) is 0 Å². The third kappa shape index (κ3) is 2.43. The second-order valence-corrected chi connectivity index (χ2v) is 5.17. The summed E-state index contributed by atoms with van der Waals surface area (Å²) in [5.41, 5.74) is 6.23. The molecule has 2 N–H and O–H groups in total. The van der Waals surface area contributed by atoms with Crippen molar-refractivity contribution in [2.75, 3.05) is 18.0 Å². The highest BCUT2D eigenvalue weighted by Gasteiger charge is 2.27. The van der Waals surface area contributed by atoms with Gasteiger partial charge in [0.1, 0.15) is 16.9 Å². The van der Waals surface area contributed by atoms with Gasteiger partial charge < -0.3 is 10.6 Å². The van der Waals surface area contributed by atoms with E-state index in [0.717, 1.165) is 19.4 Å². The van der Waals surface area contributed by atoms with Gasteiger partial charge in [0.15, 0.2) is 0 Å². The molecule has 0 aliphatic carbocycles. The van der Waals surface area contributed by atoms with Gasteiger partial charge >= 0.3 is 0 Å². The summed E-state index contributed by atoms with van der Waals surface area (Å²) in [5.74, 6) is 1.19. The molecule has 0 aromatic carbocycles. The summed E-state index contributed by atoms with van der Waals surface area (Å²) in [6, 6.07) is 4.11. The van der Waals surface area contributed by atoms with E-state index >= 15 is 0 Å². The van der Waals surface area contributed by atoms with Crippen LogP contribution in [0.1, 0.15) is 25.3 Å². The van der Waals surface area contributed by atoms with Gasteiger partial charge in [-0.25, -0.2) is 4.98 Å². The SMILES string of the molecule is CC1CCC(CN)CN1c1nccc(C#N)c1Cl. The molecule has 0 bridgehead atoms. The number of rotatable bonds is 2. The highest BCUT2D eigenvalue weighted by Crippen LogP contribution is 2.32. The number of aromatic nitrogens is 1. The van der Waals surface area contributed by atoms with Crippen LogP contribution in [0, 0.1) is 17.2 Å². The molecule has 0 radical (unpaired) electrons. The van der Waals surface area contributed by atoms with Crippen LogP contribution in [0.2, 0.25) is 5.02 Å². The Hall–Kier alpha value is -1.31. The van der Waals surface area contributed by atoms with Crippen molar-refractivity contribution in [2.45, 2.75) is 25.8 Å². The minimum absolute atomic E-state index is 0.381. The lowest BCUT2D eigenvalue weighted by Gasteiger charge is -2.38. The molecule has 0 spiro atoms. The van der Waals surface area contributed by atoms with Crippen LogP contribution in [0.4, 0.5) is 5.82 Å². The summed E-state index contributed by atoms with van der Waals surface area (Å²) in [6.07, 6.45) is 3.86. The lowest BCUT2D eigenvalue weighted by atomic mass is 9.93. The van der Waals surface area contributed by atoms with E-state index in [1.54, 1.807) is 12.3 Å². The van der Waals surface area contributed by atoms with E-state index < -0.39 is 0 Å². The van der Waals surface area contributed by atoms with E-state index in [-0.39, 0.29) is 0 Å². The predicted octanol–water partition coefficient (Wildman–Crippen LogP) is 2.17. The molecule has 0 saturated carbocycles. The Balaban J connectivity index is 2.32. The molecule has 2 heterocycles. The van der Waals surface area contributed by atoms with Crippen molar-refractivity contribution in [3.8, 4) is 6.07 Å². The molecule has 1 aromatic heterocycles. The number of nitriles is 1. The summed E-state index contributed by atoms with van der Waals surface area (Å²) in [5, 5.41) is 9.45. The molecule has 2 unspecified atom stereocenters. The molecule has 2 atom stereocenters. The van der Waals surface area contributed by atoms with Gasteiger partial charge in [-0.2, -0.15) is 5.26 Å². The maximum Gasteiger partial charge on any atom is 0.148 e. The number of anilines is 1. The molecule has 2 rings (SSSR count). The zero-order valence-corrected chi connectivity index (χ0v) is 11.2. The highest BCUT2D eigenvalue weighted by molar-refractivity contribution is 6.34. The minimum Gasteiger partial charge on any atom is -0.352 e. The van der Waals surface area contributed by atoms with Crippen LogP contribution in [0.15, 0.2) is 12.3 Å². The van der Waals surface area contributed by atoms with Crippen molar-refractivity contribution in [2.24, 2.45) is 11.7 Å². The monoisotopic (exact) mass is 264 g/mol. The standard InChI is InChI=1S/C13H17ClN4/c1-9-2-3-10(6-15)8-18(9)13-12(14)11(7-16)4-5-17-13/h4-5,9-10H,2-3,6,8,15H2,1H3. The first kappa shape index (κ1) is 13.1. The molecular formula is C13H17ClN4. The minimum atomic E-state index is 0.381. The molecule has 96 valence electrons. The molecule has 1 aliphatic heterocycles. The van der Waals surface area contributed by atoms with E-state index in [1.165, 1.54) is 0 Å². The number of piperidine rings is 1. The number of pyridine rings is 1. The quantitative estimate of drug-likeness (QED) is 0.889. The third-order valence-corrected chi connectivity index (χ3v) is 3.95. The Labute approximate surface area is 112 Å². The number of nitrogens with two attached hydrogens (primary N) is 1. The second kappa shape index (κ2) is 5.55. The average Bonchev–Trinajstić information content (AvgIpc) is 2.40. The van der Waals surface area contributed by atoms with Gasteiger partial charge in [-0.15, -0.1) is 0 Å². The summed E-state index contributed by atoms with van der Waals surface area (Å²) >= 11 is 6.24. The molecule has 1 aromatic rings. The summed E-state index contributed by atoms with van der Waals surface area (Å²) in [4.78, 5) is 6.50. The van der Waals surface area contributed by atoms with E-state index in [0.29, 0.717) is 34.9 Å². The maximum absolute atomic E-state index is 9.00. The summed E-state index contributed by atoms with van der Waals surface area (Å²) < 4.78 is 0. The van der Waals surface area contributed by atoms with Crippen molar-refractivity contribution in [3.63, 3.8) is 0 Å². The maximum atomic E-state index is 9.00. The number of hydrogen-bond acceptors (Lipinski definition) is 4. The van der Waals surface area contributed by atoms with Gasteiger partial charge in [-0.3, -0.25) is 0 Å². The molecule has 1 aliphatic rings. The largest absolute Gasteiger partial charge is 0.352 e. The van der Waals surface area contributed by atoms with Crippen LogP contribution in [0.3, 0.4) is 0 Å². The molecule has 0 amide bonds. The predicted molar refractivity (Wildman–Crippen MR) is 72.5 cm³/mol. The fourth-order valence-corrected chi connectivity index (χ4v) is 2.65. The topological polar surface area (TPSA) is 65.9 Å². The van der Waals surface area contributed by atoms with Crippen LogP contribution in [0.5, 0.6) is 0 Å². The van der Waals surface area contributed by atoms with Gasteiger partial charge in [0, 0.05) is 18.8 Å². The van der Waals surface area contributed by atoms with Crippen molar-refractivity contribution in [3.05, 3.63) is 22.8 Å². The van der Waals surface area contributed by atoms with Crippen LogP contribution in [-0.4, -0.2) is 24.1 Å². The summed E-state index contributed by atoms with van der Waals surface area (Å²) in [6.45, 7) is 3.70. The lowest BCUT2D eigenvalue weighted by Crippen LogP contribution is -2.44. The van der Waals surface area contributed by atoms with E-state index in [1.807, 2.05) is 0 Å². The van der Waals surface area contributed by atoms with Gasteiger partial charge in [0.05, 0.1) is 5.56 Å². The first-order valence-corrected chi connectivity index (χ1v) is 6.56. The van der Waals surface area contributed by atoms with Crippen molar-refractivity contribution < 1.29 is 0 Å². The molecule has 18 heavy (non-hydrogen) atoms. The van der Waals surface area contributed by atoms with Crippen LogP contribution >= 0.6 is 11.6 Å². The number of halogens is 1. The highest BCUT2D eigenvalue weighted by atomic mass is 35.5. The molecular weight excluding hydrogens is 248 g/mol. The number of nitrogens with zero attached hydrogens (tertiary/aromatic N) is 3. The zero-order chi connectivity index (χ0) is 13.1. The Bertz CT molecular complexity index is 469. The molecule has 4 nitrogen and oxygen atoms in total. The van der Waals surface area contributed by atoms with E-state index in [4.69, 9.17) is 22.6 Å². The van der Waals surface area contributed by atoms with Crippen LogP contribution in [0.25, 0.3) is 0 Å². The Morgan fingerprint density at radius 2 is 2.39 bits per heavy atom. The normalized spacial score (nSPS) is 23.8. The molecule has 1 saturated heterocycles.